The molecule has 0 aromatic heterocycles. The number of aromatic hydroxyl groups is 1. The van der Waals surface area contributed by atoms with Gasteiger partial charge in [-0.25, -0.2) is 4.39 Å². The molecule has 0 atom stereocenters. The van der Waals surface area contributed by atoms with Crippen molar-refractivity contribution in [1.29, 1.82) is 0 Å². The minimum absolute atomic E-state index is 0.0142. The van der Waals surface area contributed by atoms with E-state index in [9.17, 15) is 9.50 Å². The zero-order valence-electron chi connectivity index (χ0n) is 7.41. The summed E-state index contributed by atoms with van der Waals surface area (Å²) in [7, 11) is 1.39. The fourth-order valence-electron chi connectivity index (χ4n) is 0.984. The molecule has 0 radical (unpaired) electrons. The fraction of sp³-hybridized carbons (Fsp3) is 0.222. The second-order valence-electron chi connectivity index (χ2n) is 2.52. The summed E-state index contributed by atoms with van der Waals surface area (Å²) >= 11 is 0. The summed E-state index contributed by atoms with van der Waals surface area (Å²) < 4.78 is 12.7. The largest absolute Gasteiger partial charge is 0.507 e. The molecule has 0 aliphatic carbocycles. The van der Waals surface area contributed by atoms with Crippen molar-refractivity contribution in [1.82, 2.24) is 0 Å². The van der Waals surface area contributed by atoms with Gasteiger partial charge in [-0.05, 0) is 25.1 Å². The lowest BCUT2D eigenvalue weighted by Gasteiger charge is -2.02. The number of halogens is 1. The molecule has 0 saturated heterocycles. The van der Waals surface area contributed by atoms with Crippen LogP contribution >= 0.6 is 0 Å². The van der Waals surface area contributed by atoms with E-state index in [1.807, 2.05) is 0 Å². The van der Waals surface area contributed by atoms with Gasteiger partial charge in [-0.15, -0.1) is 0 Å². The minimum atomic E-state index is -0.418. The van der Waals surface area contributed by atoms with Gasteiger partial charge in [-0.3, -0.25) is 0 Å². The third-order valence-electron chi connectivity index (χ3n) is 1.58. The zero-order chi connectivity index (χ0) is 9.84. The summed E-state index contributed by atoms with van der Waals surface area (Å²) in [5.41, 5.74) is 0.765. The number of phenolic OH excluding ortho intramolecular Hbond substituents is 1. The van der Waals surface area contributed by atoms with Crippen LogP contribution in [0.5, 0.6) is 5.75 Å². The molecule has 1 aromatic rings. The first-order valence-electron chi connectivity index (χ1n) is 3.72. The molecule has 0 amide bonds. The van der Waals surface area contributed by atoms with Crippen LogP contribution in [-0.2, 0) is 4.84 Å². The number of oxime groups is 1. The van der Waals surface area contributed by atoms with E-state index < -0.39 is 5.82 Å². The van der Waals surface area contributed by atoms with Crippen LogP contribution in [0.1, 0.15) is 12.5 Å². The normalized spacial score (nSPS) is 11.5. The van der Waals surface area contributed by atoms with Crippen LogP contribution in [0.15, 0.2) is 23.4 Å². The molecule has 0 aliphatic rings. The van der Waals surface area contributed by atoms with Crippen LogP contribution < -0.4 is 0 Å². The van der Waals surface area contributed by atoms with E-state index in [1.165, 1.54) is 25.3 Å². The number of benzene rings is 1. The Morgan fingerprint density at radius 2 is 2.23 bits per heavy atom. The zero-order valence-corrected chi connectivity index (χ0v) is 7.41. The molecule has 13 heavy (non-hydrogen) atoms. The van der Waals surface area contributed by atoms with Gasteiger partial charge in [0.25, 0.3) is 0 Å². The van der Waals surface area contributed by atoms with E-state index in [0.717, 1.165) is 0 Å². The van der Waals surface area contributed by atoms with Crippen molar-refractivity contribution >= 4 is 5.71 Å². The molecule has 1 rings (SSSR count). The standard InChI is InChI=1S/C9H10FNO2/c1-6(11-13-2)8-5-7(10)3-4-9(8)12/h3-5,12H,1-2H3/b11-6-. The first kappa shape index (κ1) is 9.51. The van der Waals surface area contributed by atoms with Gasteiger partial charge < -0.3 is 9.94 Å². The molecule has 0 saturated carbocycles. The summed E-state index contributed by atoms with van der Waals surface area (Å²) in [6.07, 6.45) is 0. The molecule has 0 unspecified atom stereocenters. The lowest BCUT2D eigenvalue weighted by molar-refractivity contribution is 0.213. The van der Waals surface area contributed by atoms with Gasteiger partial charge in [0.1, 0.15) is 18.7 Å². The number of rotatable bonds is 2. The number of phenols is 1. The van der Waals surface area contributed by atoms with Gasteiger partial charge in [-0.2, -0.15) is 0 Å². The lowest BCUT2D eigenvalue weighted by Crippen LogP contribution is -1.96. The highest BCUT2D eigenvalue weighted by Crippen LogP contribution is 2.18. The maximum atomic E-state index is 12.7. The molecule has 1 N–H and O–H groups in total. The van der Waals surface area contributed by atoms with Crippen LogP contribution in [0, 0.1) is 5.82 Å². The Labute approximate surface area is 75.4 Å². The molecule has 0 aliphatic heterocycles. The predicted molar refractivity (Wildman–Crippen MR) is 47.3 cm³/mol. The summed E-state index contributed by atoms with van der Waals surface area (Å²) in [6.45, 7) is 1.62. The van der Waals surface area contributed by atoms with Gasteiger partial charge in [0.05, 0.1) is 5.71 Å². The SMILES string of the molecule is CO/N=C(/C)c1cc(F)ccc1O. The maximum absolute atomic E-state index is 12.7. The third-order valence-corrected chi connectivity index (χ3v) is 1.58. The van der Waals surface area contributed by atoms with Crippen molar-refractivity contribution in [3.8, 4) is 5.75 Å². The monoisotopic (exact) mass is 183 g/mol. The molecule has 70 valence electrons. The molecular weight excluding hydrogens is 173 g/mol. The second kappa shape index (κ2) is 3.89. The highest BCUT2D eigenvalue weighted by atomic mass is 19.1. The van der Waals surface area contributed by atoms with E-state index in [4.69, 9.17) is 0 Å². The van der Waals surface area contributed by atoms with Crippen molar-refractivity contribution in [3.63, 3.8) is 0 Å². The van der Waals surface area contributed by atoms with Gasteiger partial charge in [0, 0.05) is 5.56 Å². The summed E-state index contributed by atoms with van der Waals surface area (Å²) in [4.78, 5) is 4.51. The fourth-order valence-corrected chi connectivity index (χ4v) is 0.984. The third kappa shape index (κ3) is 2.18. The highest BCUT2D eigenvalue weighted by Gasteiger charge is 2.05. The topological polar surface area (TPSA) is 41.8 Å². The van der Waals surface area contributed by atoms with Crippen LogP contribution in [0.4, 0.5) is 4.39 Å². The van der Waals surface area contributed by atoms with Crippen molar-refractivity contribution in [2.75, 3.05) is 7.11 Å². The molecule has 0 fully saturated rings. The Morgan fingerprint density at radius 3 is 2.85 bits per heavy atom. The van der Waals surface area contributed by atoms with Crippen LogP contribution in [0.2, 0.25) is 0 Å². The maximum Gasteiger partial charge on any atom is 0.124 e. The molecule has 0 heterocycles. The van der Waals surface area contributed by atoms with Crippen molar-refractivity contribution in [3.05, 3.63) is 29.6 Å². The average Bonchev–Trinajstić information content (AvgIpc) is 2.09. The quantitative estimate of drug-likeness (QED) is 0.562. The van der Waals surface area contributed by atoms with E-state index >= 15 is 0 Å². The van der Waals surface area contributed by atoms with Crippen LogP contribution in [-0.4, -0.2) is 17.9 Å². The number of nitrogens with zero attached hydrogens (tertiary/aromatic N) is 1. The van der Waals surface area contributed by atoms with Gasteiger partial charge in [-0.1, -0.05) is 5.16 Å². The summed E-state index contributed by atoms with van der Waals surface area (Å²) in [6, 6.07) is 3.66. The van der Waals surface area contributed by atoms with Crippen LogP contribution in [0.25, 0.3) is 0 Å². The van der Waals surface area contributed by atoms with Crippen molar-refractivity contribution in [2.45, 2.75) is 6.92 Å². The second-order valence-corrected chi connectivity index (χ2v) is 2.52. The minimum Gasteiger partial charge on any atom is -0.507 e. The van der Waals surface area contributed by atoms with Gasteiger partial charge >= 0.3 is 0 Å². The van der Waals surface area contributed by atoms with E-state index in [1.54, 1.807) is 6.92 Å². The molecule has 1 aromatic carbocycles. The molecule has 4 heteroatoms. The smallest absolute Gasteiger partial charge is 0.124 e. The Hall–Kier alpha value is -1.58. The van der Waals surface area contributed by atoms with E-state index in [2.05, 4.69) is 9.99 Å². The summed E-state index contributed by atoms with van der Waals surface area (Å²) in [5.74, 6) is -0.432. The average molecular weight is 183 g/mol. The molecule has 3 nitrogen and oxygen atoms in total. The Bertz CT molecular complexity index is 336. The number of hydrogen-bond acceptors (Lipinski definition) is 3. The highest BCUT2D eigenvalue weighted by molar-refractivity contribution is 6.00. The first-order valence-corrected chi connectivity index (χ1v) is 3.72. The Morgan fingerprint density at radius 1 is 1.54 bits per heavy atom. The predicted octanol–water partition coefficient (Wildman–Crippen LogP) is 1.90. The lowest BCUT2D eigenvalue weighted by atomic mass is 10.1. The van der Waals surface area contributed by atoms with Gasteiger partial charge in [0.15, 0.2) is 0 Å². The van der Waals surface area contributed by atoms with E-state index in [-0.39, 0.29) is 5.75 Å². The number of hydrogen-bond donors (Lipinski definition) is 1. The van der Waals surface area contributed by atoms with Crippen molar-refractivity contribution in [2.24, 2.45) is 5.16 Å². The van der Waals surface area contributed by atoms with E-state index in [0.29, 0.717) is 11.3 Å². The Kier molecular flexibility index (Phi) is 2.84. The van der Waals surface area contributed by atoms with Gasteiger partial charge in [0.2, 0.25) is 0 Å². The first-order chi connectivity index (χ1) is 6.15. The summed E-state index contributed by atoms with van der Waals surface area (Å²) in [5, 5.41) is 12.9. The molecule has 0 bridgehead atoms. The van der Waals surface area contributed by atoms with Crippen molar-refractivity contribution < 1.29 is 14.3 Å². The van der Waals surface area contributed by atoms with Crippen LogP contribution in [0.3, 0.4) is 0 Å². The molecular formula is C9H10FNO2. The molecule has 0 spiro atoms. The Balaban J connectivity index is 3.13.